The van der Waals surface area contributed by atoms with Gasteiger partial charge >= 0.3 is 5.97 Å². The normalized spacial score (nSPS) is 23.1. The summed E-state index contributed by atoms with van der Waals surface area (Å²) in [6.07, 6.45) is 2.37. The standard InChI is InChI=1S/C30H29F2NO4/c1-16-6-22(36-15-19-11-30(31,32)12-19)7-17(2)26(16)20-5-3-4-18(8-20)14-37-25-10-21-9-23-27(24(21)13-33-25)28(23)29(34)35/h3-8,10,13,19,23,27-28H,9,11-12,14-15H2,1-2H3,(H,34,35). The molecular weight excluding hydrogens is 476 g/mol. The van der Waals surface area contributed by atoms with Crippen LogP contribution in [0.3, 0.4) is 0 Å². The van der Waals surface area contributed by atoms with Gasteiger partial charge in [-0.3, -0.25) is 4.79 Å². The minimum Gasteiger partial charge on any atom is -0.493 e. The number of aromatic nitrogens is 1. The molecule has 5 nitrogen and oxygen atoms in total. The maximum Gasteiger partial charge on any atom is 0.307 e. The molecule has 192 valence electrons. The molecule has 1 aromatic heterocycles. The molecule has 7 heteroatoms. The van der Waals surface area contributed by atoms with Crippen molar-refractivity contribution in [1.29, 1.82) is 0 Å². The summed E-state index contributed by atoms with van der Waals surface area (Å²) in [7, 11) is 0. The van der Waals surface area contributed by atoms with Crippen LogP contribution in [0.5, 0.6) is 11.6 Å². The Kier molecular flexibility index (Phi) is 5.70. The van der Waals surface area contributed by atoms with Crippen molar-refractivity contribution in [3.05, 3.63) is 76.5 Å². The first-order chi connectivity index (χ1) is 17.7. The van der Waals surface area contributed by atoms with Crippen molar-refractivity contribution in [3.8, 4) is 22.8 Å². The van der Waals surface area contributed by atoms with E-state index in [4.69, 9.17) is 9.47 Å². The summed E-state index contributed by atoms with van der Waals surface area (Å²) in [6, 6.07) is 14.1. The number of hydrogen-bond donors (Lipinski definition) is 1. The Morgan fingerprint density at radius 1 is 1.11 bits per heavy atom. The molecule has 0 spiro atoms. The first kappa shape index (κ1) is 23.9. The third-order valence-corrected chi connectivity index (χ3v) is 8.04. The van der Waals surface area contributed by atoms with Gasteiger partial charge in [-0.05, 0) is 83.3 Å². The summed E-state index contributed by atoms with van der Waals surface area (Å²) in [5, 5.41) is 9.30. The van der Waals surface area contributed by atoms with Gasteiger partial charge in [0.15, 0.2) is 0 Å². The summed E-state index contributed by atoms with van der Waals surface area (Å²) in [5.41, 5.74) is 7.52. The van der Waals surface area contributed by atoms with Gasteiger partial charge in [0.05, 0.1) is 12.5 Å². The van der Waals surface area contributed by atoms with Gasteiger partial charge in [0.2, 0.25) is 11.8 Å². The van der Waals surface area contributed by atoms with Crippen LogP contribution in [0.4, 0.5) is 8.78 Å². The third-order valence-electron chi connectivity index (χ3n) is 8.04. The molecule has 0 saturated heterocycles. The molecule has 2 fully saturated rings. The van der Waals surface area contributed by atoms with Gasteiger partial charge in [0, 0.05) is 36.9 Å². The molecule has 2 aromatic carbocycles. The summed E-state index contributed by atoms with van der Waals surface area (Å²) in [6.45, 7) is 4.75. The first-order valence-electron chi connectivity index (χ1n) is 12.7. The van der Waals surface area contributed by atoms with Gasteiger partial charge in [-0.25, -0.2) is 13.8 Å². The minimum absolute atomic E-state index is 0.0838. The van der Waals surface area contributed by atoms with E-state index in [2.05, 4.69) is 17.1 Å². The minimum atomic E-state index is -2.53. The molecule has 3 aliphatic carbocycles. The van der Waals surface area contributed by atoms with Crippen molar-refractivity contribution in [2.45, 2.75) is 51.6 Å². The fraction of sp³-hybridized carbons (Fsp3) is 0.400. The van der Waals surface area contributed by atoms with Crippen LogP contribution in [0.1, 0.15) is 46.6 Å². The predicted octanol–water partition coefficient (Wildman–Crippen LogP) is 6.34. The number of rotatable bonds is 8. The van der Waals surface area contributed by atoms with Gasteiger partial charge in [0.25, 0.3) is 0 Å². The largest absolute Gasteiger partial charge is 0.493 e. The molecule has 3 atom stereocenters. The van der Waals surface area contributed by atoms with E-state index >= 15 is 0 Å². The average Bonchev–Trinajstić information content (AvgIpc) is 3.42. The number of alkyl halides is 2. The van der Waals surface area contributed by atoms with Crippen molar-refractivity contribution >= 4 is 5.97 Å². The second kappa shape index (κ2) is 8.82. The number of pyridine rings is 1. The van der Waals surface area contributed by atoms with E-state index < -0.39 is 11.9 Å². The maximum absolute atomic E-state index is 13.1. The van der Waals surface area contributed by atoms with Gasteiger partial charge in [-0.1, -0.05) is 18.2 Å². The first-order valence-corrected chi connectivity index (χ1v) is 12.7. The highest BCUT2D eigenvalue weighted by atomic mass is 19.3. The van der Waals surface area contributed by atoms with E-state index in [1.54, 1.807) is 6.20 Å². The van der Waals surface area contributed by atoms with Crippen molar-refractivity contribution in [1.82, 2.24) is 4.98 Å². The number of carbonyl (C=O) groups is 1. The Labute approximate surface area is 214 Å². The predicted molar refractivity (Wildman–Crippen MR) is 134 cm³/mol. The van der Waals surface area contributed by atoms with Crippen molar-refractivity contribution in [2.24, 2.45) is 17.8 Å². The number of carboxylic acid groups (broad SMARTS) is 1. The fourth-order valence-electron chi connectivity index (χ4n) is 6.24. The summed E-state index contributed by atoms with van der Waals surface area (Å²) in [4.78, 5) is 15.7. The molecule has 0 aliphatic heterocycles. The highest BCUT2D eigenvalue weighted by molar-refractivity contribution is 5.77. The van der Waals surface area contributed by atoms with Crippen molar-refractivity contribution < 1.29 is 28.2 Å². The topological polar surface area (TPSA) is 68.7 Å². The van der Waals surface area contributed by atoms with Crippen LogP contribution in [0.2, 0.25) is 0 Å². The lowest BCUT2D eigenvalue weighted by Crippen LogP contribution is -2.38. The molecule has 2 saturated carbocycles. The lowest BCUT2D eigenvalue weighted by Gasteiger charge is -2.34. The van der Waals surface area contributed by atoms with Crippen LogP contribution in [0.25, 0.3) is 11.1 Å². The molecule has 3 aromatic rings. The van der Waals surface area contributed by atoms with Crippen molar-refractivity contribution in [2.75, 3.05) is 6.61 Å². The molecule has 0 bridgehead atoms. The van der Waals surface area contributed by atoms with E-state index in [0.717, 1.165) is 45.4 Å². The number of benzene rings is 2. The molecule has 3 aliphatic rings. The zero-order valence-corrected chi connectivity index (χ0v) is 20.8. The average molecular weight is 506 g/mol. The van der Waals surface area contributed by atoms with Crippen LogP contribution < -0.4 is 9.47 Å². The SMILES string of the molecule is Cc1cc(OCC2CC(F)(F)C2)cc(C)c1-c1cccc(COc2cc3c(cn2)C2C(C3)C2C(=O)O)c1. The molecule has 1 N–H and O–H groups in total. The van der Waals surface area contributed by atoms with Crippen LogP contribution in [0, 0.1) is 31.6 Å². The van der Waals surface area contributed by atoms with E-state index in [1.807, 2.05) is 44.2 Å². The monoisotopic (exact) mass is 505 g/mol. The molecular formula is C30H29F2NO4. The third kappa shape index (κ3) is 4.56. The second-order valence-corrected chi connectivity index (χ2v) is 10.8. The van der Waals surface area contributed by atoms with Crippen LogP contribution in [0.15, 0.2) is 48.7 Å². The zero-order valence-electron chi connectivity index (χ0n) is 20.8. The number of ether oxygens (including phenoxy) is 2. The highest BCUT2D eigenvalue weighted by Gasteiger charge is 2.60. The Bertz CT molecular complexity index is 1360. The fourth-order valence-corrected chi connectivity index (χ4v) is 6.24. The Balaban J connectivity index is 1.11. The Morgan fingerprint density at radius 3 is 2.57 bits per heavy atom. The molecule has 3 unspecified atom stereocenters. The highest BCUT2D eigenvalue weighted by Crippen LogP contribution is 2.61. The molecule has 1 heterocycles. The zero-order chi connectivity index (χ0) is 25.9. The van der Waals surface area contributed by atoms with E-state index in [1.165, 1.54) is 0 Å². The van der Waals surface area contributed by atoms with Crippen LogP contribution >= 0.6 is 0 Å². The number of carboxylic acids is 1. The number of fused-ring (bicyclic) bond motifs is 3. The lowest BCUT2D eigenvalue weighted by molar-refractivity contribution is -0.139. The summed E-state index contributed by atoms with van der Waals surface area (Å²) < 4.78 is 38.0. The van der Waals surface area contributed by atoms with Gasteiger partial charge in [-0.2, -0.15) is 0 Å². The van der Waals surface area contributed by atoms with Gasteiger partial charge in [-0.15, -0.1) is 0 Å². The number of nitrogens with zero attached hydrogens (tertiary/aromatic N) is 1. The van der Waals surface area contributed by atoms with E-state index in [9.17, 15) is 18.7 Å². The molecule has 6 rings (SSSR count). The maximum atomic E-state index is 13.1. The van der Waals surface area contributed by atoms with E-state index in [0.29, 0.717) is 24.8 Å². The summed E-state index contributed by atoms with van der Waals surface area (Å²) >= 11 is 0. The number of hydrogen-bond acceptors (Lipinski definition) is 4. The van der Waals surface area contributed by atoms with Crippen LogP contribution in [-0.2, 0) is 17.8 Å². The Hall–Kier alpha value is -3.48. The van der Waals surface area contributed by atoms with Crippen LogP contribution in [-0.4, -0.2) is 28.6 Å². The lowest BCUT2D eigenvalue weighted by atomic mass is 9.82. The Morgan fingerprint density at radius 2 is 1.86 bits per heavy atom. The number of halogens is 2. The number of aliphatic carboxylic acids is 1. The van der Waals surface area contributed by atoms with Gasteiger partial charge in [0.1, 0.15) is 12.4 Å². The second-order valence-electron chi connectivity index (χ2n) is 10.8. The summed E-state index contributed by atoms with van der Waals surface area (Å²) in [5.74, 6) is -2.01. The van der Waals surface area contributed by atoms with Gasteiger partial charge < -0.3 is 14.6 Å². The molecule has 0 amide bonds. The smallest absolute Gasteiger partial charge is 0.307 e. The molecule has 37 heavy (non-hydrogen) atoms. The van der Waals surface area contributed by atoms with Crippen molar-refractivity contribution in [3.63, 3.8) is 0 Å². The van der Waals surface area contributed by atoms with E-state index in [-0.39, 0.29) is 36.5 Å². The number of aryl methyl sites for hydroxylation is 2. The quantitative estimate of drug-likeness (QED) is 0.387. The molecule has 0 radical (unpaired) electrons.